The maximum absolute atomic E-state index is 12.5. The maximum atomic E-state index is 12.5. The summed E-state index contributed by atoms with van der Waals surface area (Å²) in [6.07, 6.45) is -4.38. The Balaban J connectivity index is 1.96. The van der Waals surface area contributed by atoms with Gasteiger partial charge in [0.05, 0.1) is 11.3 Å². The van der Waals surface area contributed by atoms with Crippen LogP contribution in [0.5, 0.6) is 5.88 Å². The second kappa shape index (κ2) is 9.38. The van der Waals surface area contributed by atoms with Crippen LogP contribution in [0.25, 0.3) is 0 Å². The van der Waals surface area contributed by atoms with Gasteiger partial charge in [-0.2, -0.15) is 13.2 Å². The summed E-state index contributed by atoms with van der Waals surface area (Å²) >= 11 is 6.10. The molecule has 2 rings (SSSR count). The topological polar surface area (TPSA) is 106 Å². The number of nitrogens with two attached hydrogens (primary N) is 1. The average molecular weight is 416 g/mol. The van der Waals surface area contributed by atoms with E-state index in [0.717, 1.165) is 12.1 Å². The van der Waals surface area contributed by atoms with Crippen molar-refractivity contribution in [2.24, 2.45) is 11.0 Å². The molecule has 11 heteroatoms. The van der Waals surface area contributed by atoms with Gasteiger partial charge in [-0.3, -0.25) is 5.41 Å². The number of nitrogens with one attached hydrogen (secondary N) is 2. The van der Waals surface area contributed by atoms with Crippen molar-refractivity contribution in [2.75, 3.05) is 6.61 Å². The fourth-order valence-corrected chi connectivity index (χ4v) is 2.28. The minimum atomic E-state index is -4.38. The molecule has 0 radical (unpaired) electrons. The Morgan fingerprint density at radius 3 is 2.50 bits per heavy atom. The number of hydrogen-bond donors (Lipinski definition) is 3. The van der Waals surface area contributed by atoms with Gasteiger partial charge in [0, 0.05) is 11.6 Å². The largest absolute Gasteiger partial charge is 0.469 e. The zero-order chi connectivity index (χ0) is 20.7. The second-order valence-electron chi connectivity index (χ2n) is 5.54. The molecule has 0 aliphatic carbocycles. The molecule has 0 amide bonds. The highest BCUT2D eigenvalue weighted by atomic mass is 35.5. The van der Waals surface area contributed by atoms with Crippen molar-refractivity contribution in [3.8, 4) is 5.88 Å². The SMILES string of the molecule is C/C(=N\OCc1ccc(C(F)(F)F)cc1)c1ccc(OCC(=N)NN)nc1Cl. The number of aromatic nitrogens is 1. The third-order valence-electron chi connectivity index (χ3n) is 3.47. The van der Waals surface area contributed by atoms with Gasteiger partial charge in [-0.25, -0.2) is 10.8 Å². The number of amidine groups is 1. The number of hydrogen-bond acceptors (Lipinski definition) is 6. The van der Waals surface area contributed by atoms with Crippen LogP contribution in [-0.4, -0.2) is 23.1 Å². The van der Waals surface area contributed by atoms with Gasteiger partial charge < -0.3 is 15.0 Å². The Morgan fingerprint density at radius 2 is 1.93 bits per heavy atom. The van der Waals surface area contributed by atoms with E-state index in [2.05, 4.69) is 15.6 Å². The van der Waals surface area contributed by atoms with E-state index in [-0.39, 0.29) is 30.1 Å². The number of hydrazine groups is 1. The number of rotatable bonds is 7. The summed E-state index contributed by atoms with van der Waals surface area (Å²) in [5.41, 5.74) is 2.86. The molecule has 0 fully saturated rings. The van der Waals surface area contributed by atoms with Gasteiger partial charge in [0.2, 0.25) is 5.88 Å². The summed E-state index contributed by atoms with van der Waals surface area (Å²) < 4.78 is 42.8. The number of ether oxygens (including phenoxy) is 1. The van der Waals surface area contributed by atoms with Crippen LogP contribution in [0.2, 0.25) is 5.15 Å². The standard InChI is InChI=1S/C17H17ClF3N5O2/c1-10(13-6-7-15(24-16(13)18)27-9-14(22)25-23)26-28-8-11-2-4-12(5-3-11)17(19,20)21/h2-7H,8-9,23H2,1H3,(H2,22,25)/b26-10+. The van der Waals surface area contributed by atoms with Gasteiger partial charge in [-0.15, -0.1) is 0 Å². The first-order chi connectivity index (χ1) is 13.2. The third-order valence-corrected chi connectivity index (χ3v) is 3.75. The van der Waals surface area contributed by atoms with E-state index in [1.165, 1.54) is 12.1 Å². The molecule has 0 saturated heterocycles. The van der Waals surface area contributed by atoms with Crippen LogP contribution in [0.15, 0.2) is 41.6 Å². The quantitative estimate of drug-likeness (QED) is 0.211. The Kier molecular flexibility index (Phi) is 7.18. The zero-order valence-electron chi connectivity index (χ0n) is 14.7. The van der Waals surface area contributed by atoms with Crippen LogP contribution in [-0.2, 0) is 17.6 Å². The van der Waals surface area contributed by atoms with E-state index in [1.807, 2.05) is 0 Å². The molecule has 4 N–H and O–H groups in total. The Bertz CT molecular complexity index is 857. The molecule has 1 aromatic heterocycles. The zero-order valence-corrected chi connectivity index (χ0v) is 15.4. The fraction of sp³-hybridized carbons (Fsp3) is 0.235. The van der Waals surface area contributed by atoms with Crippen molar-refractivity contribution in [3.63, 3.8) is 0 Å². The van der Waals surface area contributed by atoms with Gasteiger partial charge in [0.15, 0.2) is 0 Å². The lowest BCUT2D eigenvalue weighted by atomic mass is 10.1. The molecule has 0 spiro atoms. The lowest BCUT2D eigenvalue weighted by Gasteiger charge is -2.09. The molecule has 0 aliphatic rings. The number of halogens is 4. The predicted octanol–water partition coefficient (Wildman–Crippen LogP) is 3.51. The molecule has 28 heavy (non-hydrogen) atoms. The molecular weight excluding hydrogens is 399 g/mol. The smallest absolute Gasteiger partial charge is 0.416 e. The number of alkyl halides is 3. The summed E-state index contributed by atoms with van der Waals surface area (Å²) in [5.74, 6) is 5.23. The van der Waals surface area contributed by atoms with E-state index in [4.69, 9.17) is 32.4 Å². The maximum Gasteiger partial charge on any atom is 0.416 e. The monoisotopic (exact) mass is 415 g/mol. The molecule has 7 nitrogen and oxygen atoms in total. The summed E-state index contributed by atoms with van der Waals surface area (Å²) in [6.45, 7) is 1.54. The number of nitrogens with zero attached hydrogens (tertiary/aromatic N) is 2. The van der Waals surface area contributed by atoms with Crippen molar-refractivity contribution in [1.82, 2.24) is 10.4 Å². The summed E-state index contributed by atoms with van der Waals surface area (Å²) in [4.78, 5) is 9.21. The van der Waals surface area contributed by atoms with E-state index in [1.54, 1.807) is 19.1 Å². The minimum Gasteiger partial charge on any atom is -0.469 e. The van der Waals surface area contributed by atoms with E-state index in [9.17, 15) is 13.2 Å². The second-order valence-corrected chi connectivity index (χ2v) is 5.90. The van der Waals surface area contributed by atoms with Crippen molar-refractivity contribution >= 4 is 23.1 Å². The third kappa shape index (κ3) is 6.10. The van der Waals surface area contributed by atoms with Crippen molar-refractivity contribution < 1.29 is 22.7 Å². The molecular formula is C17H17ClF3N5O2. The molecule has 0 atom stereocenters. The number of pyridine rings is 1. The van der Waals surface area contributed by atoms with Gasteiger partial charge in [0.25, 0.3) is 0 Å². The van der Waals surface area contributed by atoms with Crippen LogP contribution in [0.1, 0.15) is 23.6 Å². The predicted molar refractivity (Wildman–Crippen MR) is 98.2 cm³/mol. The average Bonchev–Trinajstić information content (AvgIpc) is 2.65. The van der Waals surface area contributed by atoms with Gasteiger partial charge >= 0.3 is 6.18 Å². The molecule has 0 saturated carbocycles. The van der Waals surface area contributed by atoms with Crippen LogP contribution >= 0.6 is 11.6 Å². The first kappa shape index (κ1) is 21.5. The summed E-state index contributed by atoms with van der Waals surface area (Å²) in [7, 11) is 0. The van der Waals surface area contributed by atoms with E-state index >= 15 is 0 Å². The first-order valence-electron chi connectivity index (χ1n) is 7.87. The highest BCUT2D eigenvalue weighted by molar-refractivity contribution is 6.33. The molecule has 0 unspecified atom stereocenters. The van der Waals surface area contributed by atoms with Crippen LogP contribution in [0.3, 0.4) is 0 Å². The highest BCUT2D eigenvalue weighted by Crippen LogP contribution is 2.29. The highest BCUT2D eigenvalue weighted by Gasteiger charge is 2.29. The van der Waals surface area contributed by atoms with Crippen molar-refractivity contribution in [2.45, 2.75) is 19.7 Å². The van der Waals surface area contributed by atoms with Gasteiger partial charge in [-0.05, 0) is 30.7 Å². The minimum absolute atomic E-state index is 0.00405. The van der Waals surface area contributed by atoms with E-state index < -0.39 is 11.7 Å². The molecule has 1 aromatic carbocycles. The van der Waals surface area contributed by atoms with Crippen molar-refractivity contribution in [1.29, 1.82) is 5.41 Å². The Labute approximate surface area is 163 Å². The molecule has 0 aliphatic heterocycles. The summed E-state index contributed by atoms with van der Waals surface area (Å²) in [5, 5.41) is 11.3. The fourth-order valence-electron chi connectivity index (χ4n) is 2.00. The molecule has 2 aromatic rings. The van der Waals surface area contributed by atoms with Crippen molar-refractivity contribution in [3.05, 3.63) is 58.2 Å². The Morgan fingerprint density at radius 1 is 1.25 bits per heavy atom. The van der Waals surface area contributed by atoms with Crippen LogP contribution in [0.4, 0.5) is 13.2 Å². The molecule has 150 valence electrons. The summed E-state index contributed by atoms with van der Waals surface area (Å²) in [6, 6.07) is 7.76. The number of oxime groups is 1. The van der Waals surface area contributed by atoms with Gasteiger partial charge in [0.1, 0.15) is 24.2 Å². The first-order valence-corrected chi connectivity index (χ1v) is 8.25. The lowest BCUT2D eigenvalue weighted by Crippen LogP contribution is -2.33. The molecule has 0 bridgehead atoms. The molecule has 1 heterocycles. The Hall–Kier alpha value is -2.85. The normalized spacial score (nSPS) is 11.9. The van der Waals surface area contributed by atoms with Crippen LogP contribution in [0, 0.1) is 5.41 Å². The lowest BCUT2D eigenvalue weighted by molar-refractivity contribution is -0.137. The number of benzene rings is 1. The van der Waals surface area contributed by atoms with E-state index in [0.29, 0.717) is 16.8 Å². The van der Waals surface area contributed by atoms with Crippen LogP contribution < -0.4 is 16.0 Å². The van der Waals surface area contributed by atoms with Gasteiger partial charge in [-0.1, -0.05) is 28.9 Å².